The summed E-state index contributed by atoms with van der Waals surface area (Å²) < 4.78 is 28.8. The number of hydrogen-bond acceptors (Lipinski definition) is 4. The molecule has 1 aromatic carbocycles. The van der Waals surface area contributed by atoms with Gasteiger partial charge in [-0.1, -0.05) is 50.3 Å². The predicted octanol–water partition coefficient (Wildman–Crippen LogP) is 4.68. The van der Waals surface area contributed by atoms with Crippen molar-refractivity contribution in [3.05, 3.63) is 83.3 Å². The van der Waals surface area contributed by atoms with Crippen molar-refractivity contribution in [1.29, 1.82) is 0 Å². The Morgan fingerprint density at radius 1 is 1.35 bits per heavy atom. The van der Waals surface area contributed by atoms with E-state index in [2.05, 4.69) is 34.4 Å². The summed E-state index contributed by atoms with van der Waals surface area (Å²) in [7, 11) is -3.67. The molecule has 1 aromatic heterocycles. The average Bonchev–Trinajstić information content (AvgIpc) is 3.08. The molecule has 1 unspecified atom stereocenters. The van der Waals surface area contributed by atoms with E-state index in [9.17, 15) is 8.42 Å². The van der Waals surface area contributed by atoms with Gasteiger partial charge in [-0.25, -0.2) is 13.4 Å². The number of aromatic amines is 1. The summed E-state index contributed by atoms with van der Waals surface area (Å²) in [4.78, 5) is 10.2. The minimum Gasteiger partial charge on any atom is -0.361 e. The van der Waals surface area contributed by atoms with Gasteiger partial charge >= 0.3 is 0 Å². The fraction of sp³-hybridized carbons (Fsp3) is 0.375. The Kier molecular flexibility index (Phi) is 7.51. The number of H-pyrrole nitrogens is 1. The van der Waals surface area contributed by atoms with Crippen molar-refractivity contribution in [3.63, 3.8) is 0 Å². The third-order valence-corrected chi connectivity index (χ3v) is 7.46. The van der Waals surface area contributed by atoms with E-state index in [4.69, 9.17) is 0 Å². The number of allylic oxidation sites excluding steroid dienone is 4. The quantitative estimate of drug-likeness (QED) is 0.605. The highest BCUT2D eigenvalue weighted by Gasteiger charge is 2.34. The topological polar surface area (TPSA) is 69.3 Å². The van der Waals surface area contributed by atoms with Crippen LogP contribution in [0.25, 0.3) is 0 Å². The van der Waals surface area contributed by atoms with Crippen molar-refractivity contribution in [2.75, 3.05) is 11.4 Å². The fourth-order valence-electron chi connectivity index (χ4n) is 4.05. The molecular weight excluding hydrogens is 408 g/mol. The normalized spacial score (nSPS) is 18.2. The lowest BCUT2D eigenvalue weighted by Gasteiger charge is -2.34. The summed E-state index contributed by atoms with van der Waals surface area (Å²) >= 11 is 0. The molecule has 0 bridgehead atoms. The van der Waals surface area contributed by atoms with E-state index in [1.54, 1.807) is 28.9 Å². The van der Waals surface area contributed by atoms with Crippen molar-refractivity contribution >= 4 is 15.7 Å². The Labute approximate surface area is 186 Å². The molecule has 2 aromatic rings. The van der Waals surface area contributed by atoms with Gasteiger partial charge in [0.2, 0.25) is 10.0 Å². The number of aryl methyl sites for hydroxylation is 1. The van der Waals surface area contributed by atoms with Crippen LogP contribution in [-0.4, -0.2) is 35.3 Å². The molecular formula is C24H32N4O2S. The molecule has 0 spiro atoms. The van der Waals surface area contributed by atoms with Gasteiger partial charge in [0.25, 0.3) is 0 Å². The number of anilines is 1. The van der Waals surface area contributed by atoms with Crippen molar-refractivity contribution in [1.82, 2.24) is 14.3 Å². The van der Waals surface area contributed by atoms with E-state index < -0.39 is 10.0 Å². The number of sulfonamides is 1. The SMILES string of the molecule is C=C/C=C(\C=C/C)S(=O)(=O)N1Cc2ccccc2N(Cc2nc[nH]c2C)C(CCC)C1. The van der Waals surface area contributed by atoms with Gasteiger partial charge in [-0.3, -0.25) is 0 Å². The number of hydrogen-bond donors (Lipinski definition) is 1. The highest BCUT2D eigenvalue weighted by atomic mass is 32.2. The molecule has 166 valence electrons. The number of imidazole rings is 1. The van der Waals surface area contributed by atoms with Crippen LogP contribution in [0.15, 0.2) is 66.4 Å². The zero-order valence-corrected chi connectivity index (χ0v) is 19.4. The van der Waals surface area contributed by atoms with Crippen LogP contribution in [0.3, 0.4) is 0 Å². The van der Waals surface area contributed by atoms with Crippen molar-refractivity contribution in [2.24, 2.45) is 0 Å². The third-order valence-electron chi connectivity index (χ3n) is 5.63. The van der Waals surface area contributed by atoms with E-state index in [0.717, 1.165) is 35.5 Å². The second kappa shape index (κ2) is 10.1. The number of aromatic nitrogens is 2. The van der Waals surface area contributed by atoms with Crippen LogP contribution in [-0.2, 0) is 23.1 Å². The average molecular weight is 441 g/mol. The molecule has 0 aliphatic carbocycles. The summed E-state index contributed by atoms with van der Waals surface area (Å²) in [6.07, 6.45) is 10.0. The second-order valence-electron chi connectivity index (χ2n) is 7.78. The molecule has 1 aliphatic heterocycles. The molecule has 2 heterocycles. The molecule has 7 heteroatoms. The van der Waals surface area contributed by atoms with Gasteiger partial charge in [-0.2, -0.15) is 4.31 Å². The smallest absolute Gasteiger partial charge is 0.243 e. The minimum atomic E-state index is -3.67. The van der Waals surface area contributed by atoms with Crippen molar-refractivity contribution < 1.29 is 8.42 Å². The number of nitrogens with zero attached hydrogens (tertiary/aromatic N) is 3. The largest absolute Gasteiger partial charge is 0.361 e. The molecule has 0 amide bonds. The number of fused-ring (bicyclic) bond motifs is 1. The van der Waals surface area contributed by atoms with Crippen LogP contribution in [0.2, 0.25) is 0 Å². The first-order valence-corrected chi connectivity index (χ1v) is 12.1. The van der Waals surface area contributed by atoms with Crippen LogP contribution >= 0.6 is 0 Å². The maximum absolute atomic E-state index is 13.6. The maximum atomic E-state index is 13.6. The van der Waals surface area contributed by atoms with Crippen LogP contribution in [0.4, 0.5) is 5.69 Å². The lowest BCUT2D eigenvalue weighted by Crippen LogP contribution is -2.43. The van der Waals surface area contributed by atoms with E-state index in [1.807, 2.05) is 32.0 Å². The summed E-state index contributed by atoms with van der Waals surface area (Å²) in [5, 5.41) is 0. The zero-order valence-electron chi connectivity index (χ0n) is 18.6. The Balaban J connectivity index is 2.08. The minimum absolute atomic E-state index is 0.0371. The van der Waals surface area contributed by atoms with Crippen molar-refractivity contribution in [2.45, 2.75) is 52.7 Å². The molecule has 31 heavy (non-hydrogen) atoms. The molecule has 0 radical (unpaired) electrons. The first-order chi connectivity index (χ1) is 14.9. The molecule has 1 atom stereocenters. The van der Waals surface area contributed by atoms with E-state index in [-0.39, 0.29) is 10.9 Å². The summed E-state index contributed by atoms with van der Waals surface area (Å²) in [5.41, 5.74) is 4.08. The standard InChI is InChI=1S/C24H32N4O2S/c1-5-10-21-16-27(31(29,30)22(11-6-2)12-7-3)15-20-13-8-9-14-24(20)28(21)17-23-19(4)25-18-26-23/h6-9,11-14,18,21H,2,5,10,15-17H2,1,3-4H3,(H,25,26)/b12-7-,22-11+. The van der Waals surface area contributed by atoms with E-state index >= 15 is 0 Å². The highest BCUT2D eigenvalue weighted by molar-refractivity contribution is 7.93. The summed E-state index contributed by atoms with van der Waals surface area (Å²) in [6.45, 7) is 11.0. The van der Waals surface area contributed by atoms with Gasteiger partial charge in [-0.05, 0) is 44.1 Å². The van der Waals surface area contributed by atoms with E-state index in [1.165, 1.54) is 6.08 Å². The Morgan fingerprint density at radius 3 is 2.77 bits per heavy atom. The molecule has 0 saturated heterocycles. The van der Waals surface area contributed by atoms with Gasteiger partial charge < -0.3 is 9.88 Å². The molecule has 6 nitrogen and oxygen atoms in total. The summed E-state index contributed by atoms with van der Waals surface area (Å²) in [5.74, 6) is 0. The summed E-state index contributed by atoms with van der Waals surface area (Å²) in [6, 6.07) is 8.12. The Morgan fingerprint density at radius 2 is 2.13 bits per heavy atom. The fourth-order valence-corrected chi connectivity index (χ4v) is 5.60. The number of para-hydroxylation sites is 1. The molecule has 3 rings (SSSR count). The van der Waals surface area contributed by atoms with Crippen LogP contribution in [0.1, 0.15) is 43.6 Å². The maximum Gasteiger partial charge on any atom is 0.243 e. The van der Waals surface area contributed by atoms with Crippen LogP contribution in [0.5, 0.6) is 0 Å². The molecule has 0 saturated carbocycles. The molecule has 0 fully saturated rings. The lowest BCUT2D eigenvalue weighted by molar-refractivity contribution is 0.372. The number of benzene rings is 1. The monoisotopic (exact) mass is 440 g/mol. The predicted molar refractivity (Wildman–Crippen MR) is 127 cm³/mol. The zero-order chi connectivity index (χ0) is 22.4. The first-order valence-electron chi connectivity index (χ1n) is 10.7. The number of rotatable bonds is 8. The molecule has 1 aliphatic rings. The van der Waals surface area contributed by atoms with Gasteiger partial charge in [0, 0.05) is 30.5 Å². The van der Waals surface area contributed by atoms with Gasteiger partial charge in [-0.15, -0.1) is 0 Å². The van der Waals surface area contributed by atoms with E-state index in [0.29, 0.717) is 19.6 Å². The van der Waals surface area contributed by atoms with Crippen molar-refractivity contribution in [3.8, 4) is 0 Å². The van der Waals surface area contributed by atoms with Crippen LogP contribution < -0.4 is 4.90 Å². The highest BCUT2D eigenvalue weighted by Crippen LogP contribution is 2.33. The second-order valence-corrected chi connectivity index (χ2v) is 9.71. The Bertz CT molecular complexity index is 1070. The number of nitrogens with one attached hydrogen (secondary N) is 1. The van der Waals surface area contributed by atoms with Gasteiger partial charge in [0.05, 0.1) is 23.5 Å². The third kappa shape index (κ3) is 4.99. The lowest BCUT2D eigenvalue weighted by atomic mass is 10.1. The van der Waals surface area contributed by atoms with Gasteiger partial charge in [0.1, 0.15) is 0 Å². The molecule has 1 N–H and O–H groups in total. The Hall–Kier alpha value is -2.64. The first kappa shape index (κ1) is 23.0. The van der Waals surface area contributed by atoms with Gasteiger partial charge in [0.15, 0.2) is 0 Å². The van der Waals surface area contributed by atoms with Crippen LogP contribution in [0, 0.1) is 6.92 Å².